The normalized spacial score (nSPS) is 19.8. The van der Waals surface area contributed by atoms with E-state index in [2.05, 4.69) is 6.92 Å². The van der Waals surface area contributed by atoms with Crippen LogP contribution in [0.25, 0.3) is 0 Å². The monoisotopic (exact) mass is 848 g/mol. The van der Waals surface area contributed by atoms with Crippen molar-refractivity contribution in [2.75, 3.05) is 19.0 Å². The smallest absolute Gasteiger partial charge is 0.748 e. The van der Waals surface area contributed by atoms with Crippen LogP contribution in [0.15, 0.2) is 91.0 Å². The maximum atomic E-state index is 12.5. The number of ether oxygens (including phenoxy) is 6. The summed E-state index contributed by atoms with van der Waals surface area (Å²) in [6.07, 6.45) is 9.12. The van der Waals surface area contributed by atoms with Gasteiger partial charge in [-0.25, -0.2) is 8.42 Å². The first-order valence-corrected chi connectivity index (χ1v) is 22.8. The van der Waals surface area contributed by atoms with Gasteiger partial charge in [-0.2, -0.15) is 0 Å². The summed E-state index contributed by atoms with van der Waals surface area (Å²) in [5, 5.41) is 10.8. The molecule has 1 saturated heterocycles. The van der Waals surface area contributed by atoms with Crippen molar-refractivity contribution < 1.29 is 80.9 Å². The maximum absolute atomic E-state index is 12.5. The standard InChI is InChI=1S/C46H66O11S.Na/c1-2-3-4-5-6-7-8-9-10-11-12-13-23-30-42(48)52-34-40(47)35-56-46-45(55-33-39-28-21-16-22-29-39)44(54-32-38-26-19-15-20-27-38)43(41(57-46)36-58(49,50)51)53-31-37-24-17-14-18-25-37;/h14-22,24-29,40-41,43-47H,2-13,23,30-36H2,1H3,(H,49,50,51);/q;+1/p-1/t40?,41-,43-,44+,45-,46+;/m1./s1. The molecule has 11 nitrogen and oxygen atoms in total. The first-order chi connectivity index (χ1) is 28.2. The molecule has 6 atom stereocenters. The van der Waals surface area contributed by atoms with Crippen LogP contribution in [0.4, 0.5) is 0 Å². The first-order valence-electron chi connectivity index (χ1n) is 21.2. The summed E-state index contributed by atoms with van der Waals surface area (Å²) in [7, 11) is -4.81. The third-order valence-corrected chi connectivity index (χ3v) is 10.9. The number of unbranched alkanes of at least 4 members (excludes halogenated alkanes) is 12. The van der Waals surface area contributed by atoms with Crippen LogP contribution in [0.3, 0.4) is 0 Å². The Labute approximate surface area is 374 Å². The Balaban J connectivity index is 0.00000930. The molecule has 3 aromatic rings. The minimum atomic E-state index is -4.81. The average molecular weight is 849 g/mol. The van der Waals surface area contributed by atoms with Crippen LogP contribution < -0.4 is 29.6 Å². The maximum Gasteiger partial charge on any atom is 1.00 e. The van der Waals surface area contributed by atoms with Gasteiger partial charge in [0.25, 0.3) is 0 Å². The molecule has 1 N–H and O–H groups in total. The Morgan fingerprint density at radius 1 is 0.627 bits per heavy atom. The van der Waals surface area contributed by atoms with Crippen molar-refractivity contribution in [1.82, 2.24) is 0 Å². The van der Waals surface area contributed by atoms with E-state index in [1.165, 1.54) is 64.2 Å². The van der Waals surface area contributed by atoms with Crippen LogP contribution in [0.2, 0.25) is 0 Å². The molecule has 1 aliphatic heterocycles. The summed E-state index contributed by atoms with van der Waals surface area (Å²) in [6.45, 7) is 1.92. The van der Waals surface area contributed by atoms with Crippen molar-refractivity contribution in [2.45, 2.75) is 153 Å². The molecule has 0 amide bonds. The van der Waals surface area contributed by atoms with Crippen molar-refractivity contribution in [2.24, 2.45) is 0 Å². The molecule has 3 aromatic carbocycles. The van der Waals surface area contributed by atoms with E-state index in [4.69, 9.17) is 28.4 Å². The SMILES string of the molecule is CCCCCCCCCCCCCCCC(=O)OCC(O)CO[C@H]1O[C@H](CS(=O)(=O)[O-])[C@@H](OCc2ccccc2)[C@H](OCc2ccccc2)[C@H]1OCc1ccccc1.[Na+]. The van der Waals surface area contributed by atoms with Gasteiger partial charge in [-0.3, -0.25) is 4.79 Å². The van der Waals surface area contributed by atoms with E-state index in [1.807, 2.05) is 91.0 Å². The molecule has 1 aliphatic rings. The van der Waals surface area contributed by atoms with Gasteiger partial charge in [0.1, 0.15) is 37.1 Å². The summed E-state index contributed by atoms with van der Waals surface area (Å²) in [4.78, 5) is 12.5. The van der Waals surface area contributed by atoms with E-state index in [0.29, 0.717) is 0 Å². The van der Waals surface area contributed by atoms with Gasteiger partial charge in [-0.15, -0.1) is 0 Å². The Morgan fingerprint density at radius 2 is 1.05 bits per heavy atom. The van der Waals surface area contributed by atoms with Crippen LogP contribution in [0.5, 0.6) is 0 Å². The molecule has 0 aliphatic carbocycles. The Kier molecular flexibility index (Phi) is 26.0. The minimum absolute atomic E-state index is 0. The molecule has 0 radical (unpaired) electrons. The van der Waals surface area contributed by atoms with Crippen LogP contribution >= 0.6 is 0 Å². The van der Waals surface area contributed by atoms with Gasteiger partial charge in [-0.05, 0) is 23.1 Å². The van der Waals surface area contributed by atoms with Crippen molar-refractivity contribution in [3.8, 4) is 0 Å². The van der Waals surface area contributed by atoms with Gasteiger partial charge in [0.15, 0.2) is 6.29 Å². The predicted octanol–water partition coefficient (Wildman–Crippen LogP) is 5.42. The van der Waals surface area contributed by atoms with E-state index in [9.17, 15) is 22.9 Å². The summed E-state index contributed by atoms with van der Waals surface area (Å²) >= 11 is 0. The predicted molar refractivity (Wildman–Crippen MR) is 222 cm³/mol. The largest absolute Gasteiger partial charge is 1.00 e. The molecule has 13 heteroatoms. The molecular formula is C46H65NaO11S. The zero-order valence-electron chi connectivity index (χ0n) is 35.2. The van der Waals surface area contributed by atoms with Crippen LogP contribution in [-0.4, -0.2) is 79.8 Å². The van der Waals surface area contributed by atoms with Crippen LogP contribution in [0.1, 0.15) is 114 Å². The molecule has 0 bridgehead atoms. The molecule has 0 aromatic heterocycles. The van der Waals surface area contributed by atoms with Crippen molar-refractivity contribution >= 4 is 16.1 Å². The zero-order chi connectivity index (χ0) is 41.3. The van der Waals surface area contributed by atoms with E-state index in [1.54, 1.807) is 0 Å². The molecule has 1 heterocycles. The summed E-state index contributed by atoms with van der Waals surface area (Å²) < 4.78 is 73.6. The zero-order valence-corrected chi connectivity index (χ0v) is 38.0. The number of benzene rings is 3. The molecule has 4 rings (SSSR count). The quantitative estimate of drug-likeness (QED) is 0.0397. The van der Waals surface area contributed by atoms with Gasteiger partial charge in [-0.1, -0.05) is 175 Å². The van der Waals surface area contributed by atoms with Gasteiger partial charge < -0.3 is 38.1 Å². The van der Waals surface area contributed by atoms with Gasteiger partial charge in [0, 0.05) is 6.42 Å². The number of carbonyl (C=O) groups excluding carboxylic acids is 1. The van der Waals surface area contributed by atoms with Crippen molar-refractivity contribution in [1.29, 1.82) is 0 Å². The third kappa shape index (κ3) is 21.4. The second kappa shape index (κ2) is 29.9. The van der Waals surface area contributed by atoms with Crippen LogP contribution in [-0.2, 0) is 63.2 Å². The fraction of sp³-hybridized carbons (Fsp3) is 0.587. The molecular weight excluding hydrogens is 784 g/mol. The summed E-state index contributed by atoms with van der Waals surface area (Å²) in [6, 6.07) is 28.2. The number of hydrogen-bond acceptors (Lipinski definition) is 11. The summed E-state index contributed by atoms with van der Waals surface area (Å²) in [5.74, 6) is -1.31. The Bertz CT molecular complexity index is 1620. The van der Waals surface area contributed by atoms with Crippen molar-refractivity contribution in [3.63, 3.8) is 0 Å². The minimum Gasteiger partial charge on any atom is -0.748 e. The molecule has 59 heavy (non-hydrogen) atoms. The van der Waals surface area contributed by atoms with E-state index in [-0.39, 0.29) is 69.0 Å². The Hall–Kier alpha value is -2.20. The topological polar surface area (TPSA) is 150 Å². The third-order valence-electron chi connectivity index (χ3n) is 10.2. The number of hydrogen-bond donors (Lipinski definition) is 1. The molecule has 1 fully saturated rings. The molecule has 322 valence electrons. The fourth-order valence-electron chi connectivity index (χ4n) is 7.02. The second-order valence-corrected chi connectivity index (χ2v) is 16.7. The number of aliphatic hydroxyl groups is 1. The molecule has 1 unspecified atom stereocenters. The average Bonchev–Trinajstić information content (AvgIpc) is 3.22. The van der Waals surface area contributed by atoms with E-state index < -0.39 is 58.7 Å². The molecule has 0 spiro atoms. The number of aliphatic hydroxyl groups excluding tert-OH is 1. The Morgan fingerprint density at radius 3 is 1.51 bits per heavy atom. The fourth-order valence-corrected chi connectivity index (χ4v) is 7.69. The van der Waals surface area contributed by atoms with Gasteiger partial charge in [0.2, 0.25) is 0 Å². The second-order valence-electron chi connectivity index (χ2n) is 15.2. The van der Waals surface area contributed by atoms with E-state index in [0.717, 1.165) is 36.0 Å². The van der Waals surface area contributed by atoms with Gasteiger partial charge >= 0.3 is 35.5 Å². The number of rotatable bonds is 30. The number of esters is 1. The molecule has 0 saturated carbocycles. The van der Waals surface area contributed by atoms with Crippen molar-refractivity contribution in [3.05, 3.63) is 108 Å². The first kappa shape index (κ1) is 51.2. The van der Waals surface area contributed by atoms with Gasteiger partial charge in [0.05, 0.1) is 42.3 Å². The number of carbonyl (C=O) groups is 1. The summed E-state index contributed by atoms with van der Waals surface area (Å²) in [5.41, 5.74) is 2.52. The van der Waals surface area contributed by atoms with Crippen LogP contribution in [0, 0.1) is 0 Å². The van der Waals surface area contributed by atoms with E-state index >= 15 is 0 Å².